The molecule has 0 aromatic heterocycles. The largest absolute Gasteiger partial charge is 0.508 e. The van der Waals surface area contributed by atoms with E-state index in [-0.39, 0.29) is 40.9 Å². The van der Waals surface area contributed by atoms with Crippen LogP contribution < -0.4 is 9.47 Å². The van der Waals surface area contributed by atoms with Crippen LogP contribution in [-0.2, 0) is 21.4 Å². The van der Waals surface area contributed by atoms with Crippen LogP contribution in [0.15, 0.2) is 36.4 Å². The number of rotatable bonds is 6. The first kappa shape index (κ1) is 26.9. The predicted molar refractivity (Wildman–Crippen MR) is 154 cm³/mol. The number of hydrogen-bond donors (Lipinski definition) is 1. The highest BCUT2D eigenvalue weighted by Gasteiger charge is 2.67. The van der Waals surface area contributed by atoms with E-state index < -0.39 is 5.97 Å². The average Bonchev–Trinajstić information content (AvgIpc) is 3.24. The number of aryl methyl sites for hydroxylation is 1. The van der Waals surface area contributed by atoms with Crippen molar-refractivity contribution in [2.45, 2.75) is 77.0 Å². The lowest BCUT2D eigenvalue weighted by molar-refractivity contribution is -0.138. The number of phenolic OH excluding ortho intramolecular Hbond substituents is 1. The third-order valence-electron chi connectivity index (χ3n) is 9.61. The molecule has 5 atom stereocenters. The number of ether oxygens (including phenoxy) is 2. The molecular formula is C33H40N2O5. The monoisotopic (exact) mass is 544 g/mol. The summed E-state index contributed by atoms with van der Waals surface area (Å²) in [5, 5.41) is 11.2. The molecule has 40 heavy (non-hydrogen) atoms. The van der Waals surface area contributed by atoms with Gasteiger partial charge in [0.15, 0.2) is 11.5 Å². The van der Waals surface area contributed by atoms with Crippen molar-refractivity contribution in [2.75, 3.05) is 20.1 Å². The SMILES string of the molecule is CC(=O)Oc1cc(O)c2c3c1O[C@H]1[C@@H](N(CC(C)C)C(=O)C=Cc4cccc(C)c4)CC[C@H]4[C@@H](C2)N(C)CC[C@@]341. The minimum Gasteiger partial charge on any atom is -0.508 e. The van der Waals surface area contributed by atoms with Crippen molar-refractivity contribution < 1.29 is 24.2 Å². The summed E-state index contributed by atoms with van der Waals surface area (Å²) in [7, 11) is 2.18. The fourth-order valence-corrected chi connectivity index (χ4v) is 8.13. The van der Waals surface area contributed by atoms with Crippen LogP contribution >= 0.6 is 0 Å². The average molecular weight is 545 g/mol. The maximum Gasteiger partial charge on any atom is 0.308 e. The summed E-state index contributed by atoms with van der Waals surface area (Å²) in [5.74, 6) is 1.18. The molecule has 2 aromatic carbocycles. The second-order valence-corrected chi connectivity index (χ2v) is 12.6. The molecule has 7 heteroatoms. The predicted octanol–water partition coefficient (Wildman–Crippen LogP) is 4.86. The topological polar surface area (TPSA) is 79.3 Å². The molecule has 2 aliphatic heterocycles. The number of likely N-dealkylation sites (tertiary alicyclic amines) is 1. The summed E-state index contributed by atoms with van der Waals surface area (Å²) < 4.78 is 12.5. The molecule has 7 nitrogen and oxygen atoms in total. The Balaban J connectivity index is 1.43. The zero-order valence-electron chi connectivity index (χ0n) is 24.1. The number of likely N-dealkylation sites (N-methyl/N-ethyl adjacent to an activating group) is 1. The molecule has 2 bridgehead atoms. The molecule has 4 aliphatic rings. The third-order valence-corrected chi connectivity index (χ3v) is 9.61. The van der Waals surface area contributed by atoms with Crippen molar-refractivity contribution in [2.24, 2.45) is 11.8 Å². The van der Waals surface area contributed by atoms with Crippen molar-refractivity contribution in [3.8, 4) is 17.2 Å². The van der Waals surface area contributed by atoms with Gasteiger partial charge in [0.1, 0.15) is 11.9 Å². The molecule has 0 radical (unpaired) electrons. The molecule has 0 unspecified atom stereocenters. The van der Waals surface area contributed by atoms with Gasteiger partial charge in [-0.3, -0.25) is 9.59 Å². The van der Waals surface area contributed by atoms with Gasteiger partial charge in [0, 0.05) is 48.2 Å². The minimum absolute atomic E-state index is 0.0156. The number of aromatic hydroxyl groups is 1. The molecule has 1 saturated carbocycles. The van der Waals surface area contributed by atoms with Crippen LogP contribution in [0, 0.1) is 18.8 Å². The number of hydrogen-bond acceptors (Lipinski definition) is 6. The molecule has 1 N–H and O–H groups in total. The standard InChI is InChI=1S/C33H40N2O5/c1-19(2)18-35(29(38)12-9-22-8-6-7-20(3)15-22)25-11-10-24-26-16-23-27(37)17-28(39-21(4)36)31-30(23)33(24,32(25)40-31)13-14-34(26)5/h6-9,12,15,17,19,24-26,32,37H,10-11,13-14,16,18H2,1-5H3/t24-,25-,26+,32-,33-/m0/s1. The second-order valence-electron chi connectivity index (χ2n) is 12.6. The van der Waals surface area contributed by atoms with Crippen LogP contribution in [0.4, 0.5) is 0 Å². The van der Waals surface area contributed by atoms with Gasteiger partial charge in [-0.2, -0.15) is 0 Å². The molecule has 1 saturated heterocycles. The molecule has 1 spiro atoms. The van der Waals surface area contributed by atoms with Gasteiger partial charge < -0.3 is 24.4 Å². The Bertz CT molecular complexity index is 1380. The fraction of sp³-hybridized carbons (Fsp3) is 0.515. The van der Waals surface area contributed by atoms with E-state index >= 15 is 0 Å². The number of nitrogens with zero attached hydrogens (tertiary/aromatic N) is 2. The van der Waals surface area contributed by atoms with E-state index in [9.17, 15) is 14.7 Å². The lowest BCUT2D eigenvalue weighted by Gasteiger charge is -2.60. The maximum absolute atomic E-state index is 13.9. The lowest BCUT2D eigenvalue weighted by atomic mass is 9.51. The summed E-state index contributed by atoms with van der Waals surface area (Å²) in [6.45, 7) is 9.23. The molecular weight excluding hydrogens is 504 g/mol. The van der Waals surface area contributed by atoms with Crippen LogP contribution in [0.2, 0.25) is 0 Å². The number of benzene rings is 2. The van der Waals surface area contributed by atoms with Crippen LogP contribution in [0.1, 0.15) is 62.3 Å². The smallest absolute Gasteiger partial charge is 0.308 e. The fourth-order valence-electron chi connectivity index (χ4n) is 8.13. The van der Waals surface area contributed by atoms with Crippen LogP contribution in [0.3, 0.4) is 0 Å². The third kappa shape index (κ3) is 4.21. The van der Waals surface area contributed by atoms with E-state index in [2.05, 4.69) is 31.9 Å². The molecule has 2 heterocycles. The summed E-state index contributed by atoms with van der Waals surface area (Å²) in [5.41, 5.74) is 3.73. The van der Waals surface area contributed by atoms with Gasteiger partial charge in [0.2, 0.25) is 5.91 Å². The van der Waals surface area contributed by atoms with Crippen molar-refractivity contribution in [3.63, 3.8) is 0 Å². The normalized spacial score (nSPS) is 28.4. The summed E-state index contributed by atoms with van der Waals surface area (Å²) in [6, 6.07) is 9.83. The van der Waals surface area contributed by atoms with E-state index in [4.69, 9.17) is 9.47 Å². The van der Waals surface area contributed by atoms with Gasteiger partial charge in [-0.1, -0.05) is 43.7 Å². The molecule has 2 aromatic rings. The molecule has 2 aliphatic carbocycles. The Morgan fingerprint density at radius 3 is 2.80 bits per heavy atom. The Labute approximate surface area is 236 Å². The van der Waals surface area contributed by atoms with E-state index in [1.807, 2.05) is 36.1 Å². The number of piperidine rings is 1. The number of carbonyl (C=O) groups excluding carboxylic acids is 2. The molecule has 1 amide bonds. The highest BCUT2D eigenvalue weighted by atomic mass is 16.6. The van der Waals surface area contributed by atoms with Crippen LogP contribution in [-0.4, -0.2) is 65.1 Å². The lowest BCUT2D eigenvalue weighted by Crippen LogP contribution is -2.68. The van der Waals surface area contributed by atoms with Crippen LogP contribution in [0.5, 0.6) is 17.2 Å². The molecule has 6 rings (SSSR count). The first-order chi connectivity index (χ1) is 19.1. The van der Waals surface area contributed by atoms with E-state index in [0.717, 1.165) is 54.5 Å². The van der Waals surface area contributed by atoms with Crippen LogP contribution in [0.25, 0.3) is 6.08 Å². The highest BCUT2D eigenvalue weighted by molar-refractivity contribution is 5.92. The van der Waals surface area contributed by atoms with Gasteiger partial charge >= 0.3 is 5.97 Å². The molecule has 2 fully saturated rings. The minimum atomic E-state index is -0.449. The van der Waals surface area contributed by atoms with Crippen molar-refractivity contribution in [1.29, 1.82) is 0 Å². The number of phenols is 1. The Morgan fingerprint density at radius 1 is 1.27 bits per heavy atom. The Kier molecular flexibility index (Phi) is 6.68. The van der Waals surface area contributed by atoms with Crippen molar-refractivity contribution >= 4 is 18.0 Å². The zero-order chi connectivity index (χ0) is 28.3. The van der Waals surface area contributed by atoms with E-state index in [1.165, 1.54) is 13.0 Å². The highest BCUT2D eigenvalue weighted by Crippen LogP contribution is 2.65. The number of amides is 1. The van der Waals surface area contributed by atoms with Gasteiger partial charge in [-0.25, -0.2) is 0 Å². The Morgan fingerprint density at radius 2 is 2.08 bits per heavy atom. The van der Waals surface area contributed by atoms with Gasteiger partial charge in [-0.05, 0) is 69.7 Å². The Hall–Kier alpha value is -3.32. The second kappa shape index (κ2) is 9.95. The summed E-state index contributed by atoms with van der Waals surface area (Å²) in [4.78, 5) is 30.4. The first-order valence-corrected chi connectivity index (χ1v) is 14.6. The molecule has 212 valence electrons. The quantitative estimate of drug-likeness (QED) is 0.318. The maximum atomic E-state index is 13.9. The van der Waals surface area contributed by atoms with Gasteiger partial charge in [0.25, 0.3) is 0 Å². The van der Waals surface area contributed by atoms with Gasteiger partial charge in [-0.15, -0.1) is 0 Å². The summed E-state index contributed by atoms with van der Waals surface area (Å²) in [6.07, 6.45) is 6.75. The summed E-state index contributed by atoms with van der Waals surface area (Å²) >= 11 is 0. The van der Waals surface area contributed by atoms with Gasteiger partial charge in [0.05, 0.1) is 6.04 Å². The van der Waals surface area contributed by atoms with E-state index in [1.54, 1.807) is 6.08 Å². The number of esters is 1. The van der Waals surface area contributed by atoms with Crippen molar-refractivity contribution in [1.82, 2.24) is 9.80 Å². The number of carbonyl (C=O) groups is 2. The van der Waals surface area contributed by atoms with E-state index in [0.29, 0.717) is 24.3 Å². The van der Waals surface area contributed by atoms with Crippen molar-refractivity contribution in [3.05, 3.63) is 58.7 Å². The first-order valence-electron chi connectivity index (χ1n) is 14.6. The zero-order valence-corrected chi connectivity index (χ0v) is 24.1.